The van der Waals surface area contributed by atoms with Gasteiger partial charge in [0.15, 0.2) is 0 Å². The Bertz CT molecular complexity index is 833. The summed E-state index contributed by atoms with van der Waals surface area (Å²) in [4.78, 5) is 13.0. The third-order valence-corrected chi connectivity index (χ3v) is 5.20. The van der Waals surface area contributed by atoms with Gasteiger partial charge in [0.25, 0.3) is 0 Å². The van der Waals surface area contributed by atoms with Gasteiger partial charge in [-0.05, 0) is 55.3 Å². The first-order chi connectivity index (χ1) is 10.8. The molecule has 0 fully saturated rings. The highest BCUT2D eigenvalue weighted by Crippen LogP contribution is 2.21. The Morgan fingerprint density at radius 1 is 1.13 bits per heavy atom. The minimum Gasteiger partial charge on any atom is -0.325 e. The molecule has 0 saturated carbocycles. The van der Waals surface area contributed by atoms with Crippen LogP contribution in [-0.2, 0) is 14.8 Å². The van der Waals surface area contributed by atoms with Gasteiger partial charge in [-0.1, -0.05) is 12.1 Å². The molecule has 122 valence electrons. The van der Waals surface area contributed by atoms with Crippen LogP contribution in [0.25, 0.3) is 0 Å². The van der Waals surface area contributed by atoms with Crippen molar-refractivity contribution in [3.63, 3.8) is 0 Å². The predicted octanol–water partition coefficient (Wildman–Crippen LogP) is 2.68. The first kappa shape index (κ1) is 17.5. The quantitative estimate of drug-likeness (QED) is 0.811. The lowest BCUT2D eigenvalue weighted by molar-refractivity contribution is -0.113. The van der Waals surface area contributed by atoms with Gasteiger partial charge in [0.1, 0.15) is 0 Å². The molecule has 2 rings (SSSR count). The minimum absolute atomic E-state index is 0.0305. The number of primary sulfonamides is 1. The topological polar surface area (TPSA) is 89.3 Å². The van der Waals surface area contributed by atoms with Gasteiger partial charge in [-0.3, -0.25) is 4.79 Å². The fourth-order valence-electron chi connectivity index (χ4n) is 1.90. The number of sulfonamides is 1. The lowest BCUT2D eigenvalue weighted by atomic mass is 10.1. The summed E-state index contributed by atoms with van der Waals surface area (Å²) in [6, 6.07) is 11.9. The summed E-state index contributed by atoms with van der Waals surface area (Å²) in [6.45, 7) is 4.06. The van der Waals surface area contributed by atoms with E-state index < -0.39 is 10.0 Å². The molecule has 0 atom stereocenters. The van der Waals surface area contributed by atoms with Crippen molar-refractivity contribution < 1.29 is 13.2 Å². The Kier molecular flexibility index (Phi) is 5.46. The normalized spacial score (nSPS) is 11.3. The molecule has 5 nitrogen and oxygen atoms in total. The van der Waals surface area contributed by atoms with E-state index in [-0.39, 0.29) is 16.6 Å². The second-order valence-corrected chi connectivity index (χ2v) is 7.77. The van der Waals surface area contributed by atoms with E-state index in [0.29, 0.717) is 5.69 Å². The molecule has 0 aliphatic rings. The average Bonchev–Trinajstić information content (AvgIpc) is 2.48. The van der Waals surface area contributed by atoms with E-state index in [1.807, 2.05) is 32.0 Å². The van der Waals surface area contributed by atoms with Crippen LogP contribution in [0.4, 0.5) is 5.69 Å². The van der Waals surface area contributed by atoms with Crippen LogP contribution in [0.1, 0.15) is 11.1 Å². The van der Waals surface area contributed by atoms with E-state index in [1.165, 1.54) is 41.1 Å². The van der Waals surface area contributed by atoms with Crippen LogP contribution in [0, 0.1) is 13.8 Å². The van der Waals surface area contributed by atoms with Crippen molar-refractivity contribution in [1.29, 1.82) is 0 Å². The fourth-order valence-corrected chi connectivity index (χ4v) is 3.25. The number of thioether (sulfide) groups is 1. The molecule has 0 spiro atoms. The number of hydrogen-bond acceptors (Lipinski definition) is 4. The van der Waals surface area contributed by atoms with Gasteiger partial charge in [-0.2, -0.15) is 0 Å². The summed E-state index contributed by atoms with van der Waals surface area (Å²) in [5.74, 6) is 0.0297. The van der Waals surface area contributed by atoms with E-state index in [4.69, 9.17) is 5.14 Å². The van der Waals surface area contributed by atoms with Gasteiger partial charge in [0, 0.05) is 10.6 Å². The van der Waals surface area contributed by atoms with Crippen molar-refractivity contribution in [2.24, 2.45) is 5.14 Å². The first-order valence-corrected chi connectivity index (χ1v) is 9.41. The zero-order valence-electron chi connectivity index (χ0n) is 12.9. The predicted molar refractivity (Wildman–Crippen MR) is 93.1 cm³/mol. The number of rotatable bonds is 5. The maximum atomic E-state index is 12.0. The second-order valence-electron chi connectivity index (χ2n) is 5.16. The highest BCUT2D eigenvalue weighted by Gasteiger charge is 2.10. The van der Waals surface area contributed by atoms with E-state index in [9.17, 15) is 13.2 Å². The molecule has 0 unspecified atom stereocenters. The van der Waals surface area contributed by atoms with Gasteiger partial charge < -0.3 is 5.32 Å². The van der Waals surface area contributed by atoms with E-state index in [0.717, 1.165) is 4.90 Å². The number of hydrogen-bond donors (Lipinski definition) is 2. The Hall–Kier alpha value is -1.83. The summed E-state index contributed by atoms with van der Waals surface area (Å²) < 4.78 is 22.6. The van der Waals surface area contributed by atoms with Crippen LogP contribution < -0.4 is 10.5 Å². The number of benzene rings is 2. The van der Waals surface area contributed by atoms with Crippen molar-refractivity contribution in [1.82, 2.24) is 0 Å². The van der Waals surface area contributed by atoms with Crippen LogP contribution in [0.15, 0.2) is 52.3 Å². The van der Waals surface area contributed by atoms with Crippen molar-refractivity contribution in [2.75, 3.05) is 11.1 Å². The number of nitrogens with two attached hydrogens (primary N) is 1. The summed E-state index contributed by atoms with van der Waals surface area (Å²) in [5.41, 5.74) is 2.79. The number of carbonyl (C=O) groups is 1. The Balaban J connectivity index is 1.98. The Morgan fingerprint density at radius 3 is 2.52 bits per heavy atom. The molecule has 2 aromatic rings. The molecule has 2 aromatic carbocycles. The summed E-state index contributed by atoms with van der Waals surface area (Å²) in [5, 5.41) is 7.74. The molecule has 23 heavy (non-hydrogen) atoms. The molecule has 0 saturated heterocycles. The number of aryl methyl sites for hydroxylation is 2. The summed E-state index contributed by atoms with van der Waals surface area (Å²) >= 11 is 1.43. The lowest BCUT2D eigenvalue weighted by Crippen LogP contribution is -2.16. The maximum absolute atomic E-state index is 12.0. The second kappa shape index (κ2) is 7.16. The molecule has 0 radical (unpaired) electrons. The zero-order valence-corrected chi connectivity index (χ0v) is 14.5. The molecule has 7 heteroatoms. The largest absolute Gasteiger partial charge is 0.325 e. The standard InChI is InChI=1S/C16H18N2O3S2/c1-11-6-7-14(8-12(11)2)22-10-16(19)18-13-4-3-5-15(9-13)23(17,20)21/h3-9H,10H2,1-2H3,(H,18,19)(H2,17,20,21). The van der Waals surface area contributed by atoms with Gasteiger partial charge in [0.2, 0.25) is 15.9 Å². The van der Waals surface area contributed by atoms with Crippen LogP contribution in [-0.4, -0.2) is 20.1 Å². The van der Waals surface area contributed by atoms with Gasteiger partial charge >= 0.3 is 0 Å². The third kappa shape index (κ3) is 5.09. The molecular formula is C16H18N2O3S2. The van der Waals surface area contributed by atoms with Crippen molar-refractivity contribution in [2.45, 2.75) is 23.6 Å². The molecule has 0 aromatic heterocycles. The van der Waals surface area contributed by atoms with Crippen LogP contribution in [0.3, 0.4) is 0 Å². The summed E-state index contributed by atoms with van der Waals surface area (Å²) in [7, 11) is -3.78. The minimum atomic E-state index is -3.78. The average molecular weight is 350 g/mol. The number of anilines is 1. The van der Waals surface area contributed by atoms with Gasteiger partial charge in [-0.15, -0.1) is 11.8 Å². The summed E-state index contributed by atoms with van der Waals surface area (Å²) in [6.07, 6.45) is 0. The smallest absolute Gasteiger partial charge is 0.238 e. The van der Waals surface area contributed by atoms with E-state index in [1.54, 1.807) is 6.07 Å². The van der Waals surface area contributed by atoms with Crippen LogP contribution in [0.2, 0.25) is 0 Å². The SMILES string of the molecule is Cc1ccc(SCC(=O)Nc2cccc(S(N)(=O)=O)c2)cc1C. The van der Waals surface area contributed by atoms with Crippen molar-refractivity contribution >= 4 is 33.4 Å². The van der Waals surface area contributed by atoms with Gasteiger partial charge in [-0.25, -0.2) is 13.6 Å². The molecule has 0 aliphatic heterocycles. The molecular weight excluding hydrogens is 332 g/mol. The molecule has 0 aliphatic carbocycles. The fraction of sp³-hybridized carbons (Fsp3) is 0.188. The highest BCUT2D eigenvalue weighted by molar-refractivity contribution is 8.00. The number of amides is 1. The van der Waals surface area contributed by atoms with Crippen LogP contribution in [0.5, 0.6) is 0 Å². The number of nitrogens with one attached hydrogen (secondary N) is 1. The Morgan fingerprint density at radius 2 is 1.87 bits per heavy atom. The van der Waals surface area contributed by atoms with Crippen molar-refractivity contribution in [3.05, 3.63) is 53.6 Å². The van der Waals surface area contributed by atoms with Crippen molar-refractivity contribution in [3.8, 4) is 0 Å². The van der Waals surface area contributed by atoms with E-state index >= 15 is 0 Å². The lowest BCUT2D eigenvalue weighted by Gasteiger charge is -2.07. The monoisotopic (exact) mass is 350 g/mol. The molecule has 0 heterocycles. The molecule has 1 amide bonds. The van der Waals surface area contributed by atoms with Crippen LogP contribution >= 0.6 is 11.8 Å². The Labute approximate surface area is 140 Å². The zero-order chi connectivity index (χ0) is 17.0. The third-order valence-electron chi connectivity index (χ3n) is 3.29. The van der Waals surface area contributed by atoms with E-state index in [2.05, 4.69) is 5.32 Å². The van der Waals surface area contributed by atoms with Gasteiger partial charge in [0.05, 0.1) is 10.6 Å². The number of carbonyl (C=O) groups excluding carboxylic acids is 1. The highest BCUT2D eigenvalue weighted by atomic mass is 32.2. The maximum Gasteiger partial charge on any atom is 0.238 e. The first-order valence-electron chi connectivity index (χ1n) is 6.88. The molecule has 0 bridgehead atoms. The molecule has 3 N–H and O–H groups in total.